The lowest BCUT2D eigenvalue weighted by molar-refractivity contribution is -0.133. The molecule has 0 saturated heterocycles. The van der Waals surface area contributed by atoms with Crippen molar-refractivity contribution in [3.05, 3.63) is 23.3 Å². The molecule has 1 aliphatic rings. The standard InChI is InChI=1S/C12H14O2/c1-9-4-5-11(8-10(9)2)6-7-12(13)14-3/h4,8,11H,5H2,1-3H3. The normalized spacial score (nSPS) is 20.1. The molecule has 74 valence electrons. The molecule has 0 fully saturated rings. The maximum absolute atomic E-state index is 10.8. The molecule has 0 N–H and O–H groups in total. The fourth-order valence-corrected chi connectivity index (χ4v) is 1.27. The van der Waals surface area contributed by atoms with Crippen LogP contribution in [0.5, 0.6) is 0 Å². The average Bonchev–Trinajstić information content (AvgIpc) is 2.19. The van der Waals surface area contributed by atoms with Crippen molar-refractivity contribution >= 4 is 5.97 Å². The van der Waals surface area contributed by atoms with E-state index in [0.717, 1.165) is 6.42 Å². The van der Waals surface area contributed by atoms with Crippen LogP contribution in [0.1, 0.15) is 20.3 Å². The van der Waals surface area contributed by atoms with Crippen LogP contribution in [-0.4, -0.2) is 13.1 Å². The Morgan fingerprint density at radius 3 is 2.79 bits per heavy atom. The molecule has 0 heterocycles. The lowest BCUT2D eigenvalue weighted by atomic mass is 9.92. The van der Waals surface area contributed by atoms with Gasteiger partial charge in [-0.15, -0.1) is 0 Å². The zero-order chi connectivity index (χ0) is 10.6. The molecule has 0 aliphatic heterocycles. The number of rotatable bonds is 0. The molecule has 1 rings (SSSR count). The highest BCUT2D eigenvalue weighted by Crippen LogP contribution is 2.21. The Morgan fingerprint density at radius 1 is 1.50 bits per heavy atom. The number of hydrogen-bond donors (Lipinski definition) is 0. The summed E-state index contributed by atoms with van der Waals surface area (Å²) in [6, 6.07) is 0. The first-order chi connectivity index (χ1) is 6.63. The second-order valence-electron chi connectivity index (χ2n) is 3.34. The minimum Gasteiger partial charge on any atom is -0.459 e. The molecule has 0 amide bonds. The van der Waals surface area contributed by atoms with Gasteiger partial charge in [0.2, 0.25) is 0 Å². The van der Waals surface area contributed by atoms with Crippen molar-refractivity contribution in [2.75, 3.05) is 7.11 Å². The SMILES string of the molecule is COC(=O)C#CC1C=C(C)C(C)=CC1. The predicted molar refractivity (Wildman–Crippen MR) is 55.4 cm³/mol. The first kappa shape index (κ1) is 10.6. The second kappa shape index (κ2) is 4.66. The Hall–Kier alpha value is -1.49. The minimum absolute atomic E-state index is 0.151. The van der Waals surface area contributed by atoms with Crippen molar-refractivity contribution in [3.63, 3.8) is 0 Å². The van der Waals surface area contributed by atoms with E-state index in [9.17, 15) is 4.79 Å². The lowest BCUT2D eigenvalue weighted by Gasteiger charge is -2.12. The Bertz CT molecular complexity index is 350. The van der Waals surface area contributed by atoms with Crippen LogP contribution in [0.15, 0.2) is 23.3 Å². The number of esters is 1. The fourth-order valence-electron chi connectivity index (χ4n) is 1.27. The van der Waals surface area contributed by atoms with Crippen molar-refractivity contribution in [1.29, 1.82) is 0 Å². The third kappa shape index (κ3) is 2.77. The van der Waals surface area contributed by atoms with Crippen LogP contribution in [0.4, 0.5) is 0 Å². The van der Waals surface area contributed by atoms with Gasteiger partial charge in [-0.2, -0.15) is 0 Å². The number of ether oxygens (including phenoxy) is 1. The van der Waals surface area contributed by atoms with E-state index in [4.69, 9.17) is 0 Å². The summed E-state index contributed by atoms with van der Waals surface area (Å²) in [7, 11) is 1.34. The topological polar surface area (TPSA) is 26.3 Å². The zero-order valence-electron chi connectivity index (χ0n) is 8.76. The highest BCUT2D eigenvalue weighted by molar-refractivity contribution is 5.88. The predicted octanol–water partition coefficient (Wildman–Crippen LogP) is 2.08. The quantitative estimate of drug-likeness (QED) is 0.332. The van der Waals surface area contributed by atoms with Gasteiger partial charge in [0.25, 0.3) is 0 Å². The molecule has 2 heteroatoms. The Morgan fingerprint density at radius 2 is 2.21 bits per heavy atom. The molecule has 0 aromatic carbocycles. The van der Waals surface area contributed by atoms with Gasteiger partial charge in [-0.3, -0.25) is 0 Å². The third-order valence-electron chi connectivity index (χ3n) is 2.30. The van der Waals surface area contributed by atoms with Crippen LogP contribution in [0, 0.1) is 17.8 Å². The van der Waals surface area contributed by atoms with Gasteiger partial charge >= 0.3 is 5.97 Å². The summed E-state index contributed by atoms with van der Waals surface area (Å²) in [5, 5.41) is 0. The summed E-state index contributed by atoms with van der Waals surface area (Å²) in [6.07, 6.45) is 5.12. The van der Waals surface area contributed by atoms with E-state index < -0.39 is 5.97 Å². The summed E-state index contributed by atoms with van der Waals surface area (Å²) >= 11 is 0. The van der Waals surface area contributed by atoms with E-state index in [0.29, 0.717) is 0 Å². The van der Waals surface area contributed by atoms with E-state index in [-0.39, 0.29) is 5.92 Å². The van der Waals surface area contributed by atoms with Crippen LogP contribution in [0.3, 0.4) is 0 Å². The van der Waals surface area contributed by atoms with Crippen molar-refractivity contribution < 1.29 is 9.53 Å². The molecule has 0 spiro atoms. The number of methoxy groups -OCH3 is 1. The molecular formula is C12H14O2. The number of allylic oxidation sites excluding steroid dienone is 4. The maximum Gasteiger partial charge on any atom is 0.384 e. The first-order valence-corrected chi connectivity index (χ1v) is 4.58. The molecule has 0 aromatic heterocycles. The molecular weight excluding hydrogens is 176 g/mol. The molecule has 0 aromatic rings. The van der Waals surface area contributed by atoms with E-state index in [1.54, 1.807) is 0 Å². The fraction of sp³-hybridized carbons (Fsp3) is 0.417. The summed E-state index contributed by atoms with van der Waals surface area (Å²) in [4.78, 5) is 10.8. The number of hydrogen-bond acceptors (Lipinski definition) is 2. The average molecular weight is 190 g/mol. The Labute approximate surface area is 84.6 Å². The minimum atomic E-state index is -0.470. The van der Waals surface area contributed by atoms with E-state index >= 15 is 0 Å². The van der Waals surface area contributed by atoms with E-state index in [1.807, 2.05) is 0 Å². The molecule has 0 saturated carbocycles. The van der Waals surface area contributed by atoms with Crippen molar-refractivity contribution in [2.45, 2.75) is 20.3 Å². The van der Waals surface area contributed by atoms with Gasteiger partial charge in [0, 0.05) is 11.8 Å². The zero-order valence-corrected chi connectivity index (χ0v) is 8.76. The summed E-state index contributed by atoms with van der Waals surface area (Å²) in [6.45, 7) is 4.13. The van der Waals surface area contributed by atoms with Gasteiger partial charge in [-0.1, -0.05) is 29.2 Å². The summed E-state index contributed by atoms with van der Waals surface area (Å²) < 4.78 is 4.44. The van der Waals surface area contributed by atoms with Crippen LogP contribution in [-0.2, 0) is 9.53 Å². The molecule has 0 radical (unpaired) electrons. The molecule has 2 nitrogen and oxygen atoms in total. The largest absolute Gasteiger partial charge is 0.459 e. The van der Waals surface area contributed by atoms with Crippen LogP contribution >= 0.6 is 0 Å². The molecule has 1 atom stereocenters. The van der Waals surface area contributed by atoms with Gasteiger partial charge in [0.05, 0.1) is 7.11 Å². The van der Waals surface area contributed by atoms with Gasteiger partial charge < -0.3 is 4.74 Å². The maximum atomic E-state index is 10.8. The van der Waals surface area contributed by atoms with Gasteiger partial charge in [-0.25, -0.2) is 4.79 Å². The van der Waals surface area contributed by atoms with Crippen LogP contribution in [0.2, 0.25) is 0 Å². The van der Waals surface area contributed by atoms with Crippen molar-refractivity contribution in [2.24, 2.45) is 5.92 Å². The Kier molecular flexibility index (Phi) is 3.53. The molecule has 0 bridgehead atoms. The first-order valence-electron chi connectivity index (χ1n) is 4.58. The van der Waals surface area contributed by atoms with E-state index in [1.165, 1.54) is 18.3 Å². The molecule has 1 aliphatic carbocycles. The Balaban J connectivity index is 2.66. The van der Waals surface area contributed by atoms with Crippen LogP contribution < -0.4 is 0 Å². The van der Waals surface area contributed by atoms with Crippen LogP contribution in [0.25, 0.3) is 0 Å². The highest BCUT2D eigenvalue weighted by atomic mass is 16.5. The van der Waals surface area contributed by atoms with Crippen molar-refractivity contribution in [3.8, 4) is 11.8 Å². The van der Waals surface area contributed by atoms with Gasteiger partial charge in [0.1, 0.15) is 0 Å². The van der Waals surface area contributed by atoms with Gasteiger partial charge in [-0.05, 0) is 20.3 Å². The summed E-state index contributed by atoms with van der Waals surface area (Å²) in [5.74, 6) is 5.01. The molecule has 1 unspecified atom stereocenters. The summed E-state index contributed by atoms with van der Waals surface area (Å²) in [5.41, 5.74) is 2.53. The third-order valence-corrected chi connectivity index (χ3v) is 2.30. The monoisotopic (exact) mass is 190 g/mol. The number of carbonyl (C=O) groups excluding carboxylic acids is 1. The van der Waals surface area contributed by atoms with Gasteiger partial charge in [0.15, 0.2) is 0 Å². The van der Waals surface area contributed by atoms with E-state index in [2.05, 4.69) is 42.6 Å². The molecule has 14 heavy (non-hydrogen) atoms. The lowest BCUT2D eigenvalue weighted by Crippen LogP contribution is -2.01. The highest BCUT2D eigenvalue weighted by Gasteiger charge is 2.07. The smallest absolute Gasteiger partial charge is 0.384 e. The second-order valence-corrected chi connectivity index (χ2v) is 3.34. The number of carbonyl (C=O) groups is 1. The van der Waals surface area contributed by atoms with Crippen molar-refractivity contribution in [1.82, 2.24) is 0 Å².